The van der Waals surface area contributed by atoms with Crippen LogP contribution in [-0.2, 0) is 15.1 Å². The van der Waals surface area contributed by atoms with Gasteiger partial charge in [0.25, 0.3) is 5.91 Å². The standard InChI is InChI=1S/C17H22N4O4.ClH/c1-17(12-3-5-13(25-2)6-4-12)15(23)21(16(24)19-17)11-14(22)20-9-7-18-8-10-20;/h3-6,18H,7-11H2,1-2H3,(H,19,24);1H. The molecule has 2 fully saturated rings. The number of benzene rings is 1. The zero-order valence-corrected chi connectivity index (χ0v) is 15.6. The van der Waals surface area contributed by atoms with E-state index in [-0.39, 0.29) is 24.9 Å². The third kappa shape index (κ3) is 3.61. The minimum absolute atomic E-state index is 0. The molecule has 0 saturated carbocycles. The molecule has 1 atom stereocenters. The van der Waals surface area contributed by atoms with Crippen LogP contribution < -0.4 is 15.4 Å². The van der Waals surface area contributed by atoms with Crippen LogP contribution in [-0.4, -0.2) is 67.5 Å². The topological polar surface area (TPSA) is 91.0 Å². The molecule has 142 valence electrons. The van der Waals surface area contributed by atoms with Crippen molar-refractivity contribution in [3.05, 3.63) is 29.8 Å². The normalized spacial score (nSPS) is 22.7. The second-order valence-corrected chi connectivity index (χ2v) is 6.31. The summed E-state index contributed by atoms with van der Waals surface area (Å²) in [5.41, 5.74) is -0.545. The van der Waals surface area contributed by atoms with E-state index in [1.165, 1.54) is 0 Å². The minimum Gasteiger partial charge on any atom is -0.497 e. The number of hydrogen-bond donors (Lipinski definition) is 2. The lowest BCUT2D eigenvalue weighted by Crippen LogP contribution is -2.50. The molecule has 4 amide bonds. The number of imide groups is 1. The molecule has 2 saturated heterocycles. The van der Waals surface area contributed by atoms with Crippen molar-refractivity contribution in [2.24, 2.45) is 0 Å². The Labute approximate surface area is 158 Å². The van der Waals surface area contributed by atoms with Gasteiger partial charge in [-0.3, -0.25) is 14.5 Å². The van der Waals surface area contributed by atoms with E-state index < -0.39 is 17.5 Å². The average molecular weight is 383 g/mol. The van der Waals surface area contributed by atoms with Crippen molar-refractivity contribution in [3.63, 3.8) is 0 Å². The van der Waals surface area contributed by atoms with Gasteiger partial charge in [-0.15, -0.1) is 12.4 Å². The Hall–Kier alpha value is -2.32. The van der Waals surface area contributed by atoms with E-state index in [9.17, 15) is 14.4 Å². The lowest BCUT2D eigenvalue weighted by Gasteiger charge is -2.28. The Kier molecular flexibility index (Phi) is 6.09. The molecule has 1 unspecified atom stereocenters. The Balaban J connectivity index is 0.00000243. The Morgan fingerprint density at radius 2 is 1.81 bits per heavy atom. The van der Waals surface area contributed by atoms with Crippen LogP contribution >= 0.6 is 12.4 Å². The summed E-state index contributed by atoms with van der Waals surface area (Å²) in [6, 6.07) is 6.38. The van der Waals surface area contributed by atoms with Crippen LogP contribution in [0.5, 0.6) is 5.75 Å². The number of ether oxygens (including phenoxy) is 1. The summed E-state index contributed by atoms with van der Waals surface area (Å²) in [6.45, 7) is 4.00. The molecule has 0 radical (unpaired) electrons. The largest absolute Gasteiger partial charge is 0.497 e. The highest BCUT2D eigenvalue weighted by Gasteiger charge is 2.49. The average Bonchev–Trinajstić information content (AvgIpc) is 2.86. The number of methoxy groups -OCH3 is 1. The van der Waals surface area contributed by atoms with E-state index >= 15 is 0 Å². The number of carbonyl (C=O) groups excluding carboxylic acids is 3. The summed E-state index contributed by atoms with van der Waals surface area (Å²) in [7, 11) is 1.56. The number of carbonyl (C=O) groups is 3. The van der Waals surface area contributed by atoms with Gasteiger partial charge in [0.05, 0.1) is 7.11 Å². The second-order valence-electron chi connectivity index (χ2n) is 6.31. The van der Waals surface area contributed by atoms with Gasteiger partial charge in [0, 0.05) is 26.2 Å². The van der Waals surface area contributed by atoms with Crippen LogP contribution in [0.25, 0.3) is 0 Å². The van der Waals surface area contributed by atoms with E-state index in [0.29, 0.717) is 24.4 Å². The first-order valence-electron chi connectivity index (χ1n) is 8.23. The van der Waals surface area contributed by atoms with Crippen LogP contribution in [0, 0.1) is 0 Å². The van der Waals surface area contributed by atoms with Crippen LogP contribution in [0.1, 0.15) is 12.5 Å². The van der Waals surface area contributed by atoms with E-state index in [1.54, 1.807) is 43.2 Å². The molecule has 2 N–H and O–H groups in total. The van der Waals surface area contributed by atoms with Crippen molar-refractivity contribution >= 4 is 30.3 Å². The minimum atomic E-state index is -1.19. The first kappa shape index (κ1) is 20.0. The number of urea groups is 1. The van der Waals surface area contributed by atoms with Crippen molar-refractivity contribution in [2.45, 2.75) is 12.5 Å². The molecule has 1 aromatic rings. The van der Waals surface area contributed by atoms with Gasteiger partial charge in [-0.1, -0.05) is 12.1 Å². The molecule has 1 aromatic carbocycles. The molecule has 3 rings (SSSR count). The van der Waals surface area contributed by atoms with E-state index in [1.807, 2.05) is 0 Å². The number of rotatable bonds is 4. The number of piperazine rings is 1. The number of amides is 4. The molecule has 2 aliphatic rings. The molecule has 0 aromatic heterocycles. The van der Waals surface area contributed by atoms with Crippen molar-refractivity contribution in [3.8, 4) is 5.75 Å². The lowest BCUT2D eigenvalue weighted by molar-refractivity contribution is -0.139. The SMILES string of the molecule is COc1ccc(C2(C)NC(=O)N(CC(=O)N3CCNCC3)C2=O)cc1.Cl. The van der Waals surface area contributed by atoms with Gasteiger partial charge < -0.3 is 20.3 Å². The summed E-state index contributed by atoms with van der Waals surface area (Å²) in [6.07, 6.45) is 0. The van der Waals surface area contributed by atoms with Crippen LogP contribution in [0.15, 0.2) is 24.3 Å². The quantitative estimate of drug-likeness (QED) is 0.732. The Bertz CT molecular complexity index is 691. The fraction of sp³-hybridized carbons (Fsp3) is 0.471. The van der Waals surface area contributed by atoms with Crippen molar-refractivity contribution in [2.75, 3.05) is 39.8 Å². The van der Waals surface area contributed by atoms with Crippen molar-refractivity contribution in [1.29, 1.82) is 0 Å². The van der Waals surface area contributed by atoms with Gasteiger partial charge in [-0.2, -0.15) is 0 Å². The smallest absolute Gasteiger partial charge is 0.325 e. The molecule has 2 aliphatic heterocycles. The van der Waals surface area contributed by atoms with E-state index in [2.05, 4.69) is 10.6 Å². The maximum Gasteiger partial charge on any atom is 0.325 e. The van der Waals surface area contributed by atoms with Crippen LogP contribution in [0.3, 0.4) is 0 Å². The van der Waals surface area contributed by atoms with Gasteiger partial charge in [-0.05, 0) is 24.6 Å². The summed E-state index contributed by atoms with van der Waals surface area (Å²) in [5.74, 6) is 0.0185. The van der Waals surface area contributed by atoms with Gasteiger partial charge in [0.15, 0.2) is 0 Å². The number of nitrogens with zero attached hydrogens (tertiary/aromatic N) is 2. The highest BCUT2D eigenvalue weighted by molar-refractivity contribution is 6.09. The predicted molar refractivity (Wildman–Crippen MR) is 97.3 cm³/mol. The first-order valence-corrected chi connectivity index (χ1v) is 8.23. The second kappa shape index (κ2) is 7.92. The summed E-state index contributed by atoms with van der Waals surface area (Å²) in [5, 5.41) is 5.87. The van der Waals surface area contributed by atoms with Gasteiger partial charge >= 0.3 is 6.03 Å². The highest BCUT2D eigenvalue weighted by Crippen LogP contribution is 2.30. The number of halogens is 1. The molecule has 2 heterocycles. The fourth-order valence-corrected chi connectivity index (χ4v) is 3.11. The summed E-state index contributed by atoms with van der Waals surface area (Å²) < 4.78 is 5.12. The molecular formula is C17H23ClN4O4. The maximum atomic E-state index is 12.8. The van der Waals surface area contributed by atoms with Gasteiger partial charge in [-0.25, -0.2) is 4.79 Å². The molecule has 8 nitrogen and oxygen atoms in total. The molecule has 0 spiro atoms. The number of nitrogens with one attached hydrogen (secondary N) is 2. The third-order valence-corrected chi connectivity index (χ3v) is 4.71. The van der Waals surface area contributed by atoms with Crippen LogP contribution in [0.2, 0.25) is 0 Å². The van der Waals surface area contributed by atoms with Gasteiger partial charge in [0.2, 0.25) is 5.91 Å². The highest BCUT2D eigenvalue weighted by atomic mass is 35.5. The predicted octanol–water partition coefficient (Wildman–Crippen LogP) is 0.316. The van der Waals surface area contributed by atoms with Gasteiger partial charge in [0.1, 0.15) is 17.8 Å². The zero-order valence-electron chi connectivity index (χ0n) is 14.8. The Morgan fingerprint density at radius 1 is 1.19 bits per heavy atom. The number of hydrogen-bond acceptors (Lipinski definition) is 5. The molecular weight excluding hydrogens is 360 g/mol. The summed E-state index contributed by atoms with van der Waals surface area (Å²) in [4.78, 5) is 40.2. The molecule has 0 bridgehead atoms. The summed E-state index contributed by atoms with van der Waals surface area (Å²) >= 11 is 0. The molecule has 9 heteroatoms. The van der Waals surface area contributed by atoms with Crippen molar-refractivity contribution in [1.82, 2.24) is 20.4 Å². The monoisotopic (exact) mass is 382 g/mol. The van der Waals surface area contributed by atoms with E-state index in [4.69, 9.17) is 4.74 Å². The Morgan fingerprint density at radius 3 is 2.38 bits per heavy atom. The van der Waals surface area contributed by atoms with Crippen LogP contribution in [0.4, 0.5) is 4.79 Å². The molecule has 26 heavy (non-hydrogen) atoms. The zero-order chi connectivity index (χ0) is 18.0. The first-order chi connectivity index (χ1) is 12.0. The fourth-order valence-electron chi connectivity index (χ4n) is 3.11. The third-order valence-electron chi connectivity index (χ3n) is 4.71. The van der Waals surface area contributed by atoms with E-state index in [0.717, 1.165) is 18.0 Å². The molecule has 0 aliphatic carbocycles. The lowest BCUT2D eigenvalue weighted by atomic mass is 9.92. The van der Waals surface area contributed by atoms with Crippen molar-refractivity contribution < 1.29 is 19.1 Å². The maximum absolute atomic E-state index is 12.8.